The van der Waals surface area contributed by atoms with Crippen molar-refractivity contribution in [3.05, 3.63) is 34.9 Å². The summed E-state index contributed by atoms with van der Waals surface area (Å²) in [6, 6.07) is 8.04. The molecule has 0 bridgehead atoms. The zero-order valence-corrected chi connectivity index (χ0v) is 7.85. The van der Waals surface area contributed by atoms with Gasteiger partial charge in [-0.3, -0.25) is 0 Å². The fourth-order valence-corrected chi connectivity index (χ4v) is 1.40. The van der Waals surface area contributed by atoms with E-state index in [0.29, 0.717) is 0 Å². The van der Waals surface area contributed by atoms with Crippen LogP contribution in [0.2, 0.25) is 0 Å². The van der Waals surface area contributed by atoms with E-state index in [1.54, 1.807) is 0 Å². The third-order valence-corrected chi connectivity index (χ3v) is 2.13. The van der Waals surface area contributed by atoms with Gasteiger partial charge in [-0.15, -0.1) is 0 Å². The molecule has 11 heavy (non-hydrogen) atoms. The van der Waals surface area contributed by atoms with E-state index in [0.717, 1.165) is 22.0 Å². The average Bonchev–Trinajstić information content (AvgIpc) is 2.04. The first-order valence-corrected chi connectivity index (χ1v) is 4.45. The molecule has 0 aliphatic rings. The van der Waals surface area contributed by atoms with Gasteiger partial charge in [-0.05, 0) is 24.1 Å². The largest absolute Gasteiger partial charge is 0.192 e. The lowest BCUT2D eigenvalue weighted by Gasteiger charge is -1.99. The molecular formula is C9H8BrN. The second-order valence-electron chi connectivity index (χ2n) is 2.41. The number of hydrogen-bond donors (Lipinski definition) is 0. The van der Waals surface area contributed by atoms with E-state index in [1.165, 1.54) is 0 Å². The van der Waals surface area contributed by atoms with Crippen molar-refractivity contribution in [2.75, 3.05) is 0 Å². The van der Waals surface area contributed by atoms with Gasteiger partial charge in [0, 0.05) is 5.33 Å². The Morgan fingerprint density at radius 3 is 2.82 bits per heavy atom. The molecule has 0 spiro atoms. The van der Waals surface area contributed by atoms with Crippen LogP contribution >= 0.6 is 15.9 Å². The maximum atomic E-state index is 8.70. The quantitative estimate of drug-likeness (QED) is 0.653. The van der Waals surface area contributed by atoms with Crippen LogP contribution < -0.4 is 0 Å². The molecule has 0 amide bonds. The summed E-state index contributed by atoms with van der Waals surface area (Å²) in [5, 5.41) is 9.45. The minimum absolute atomic E-state index is 0.746. The molecule has 0 N–H and O–H groups in total. The van der Waals surface area contributed by atoms with Crippen molar-refractivity contribution in [3.8, 4) is 6.07 Å². The first-order chi connectivity index (χ1) is 5.27. The standard InChI is InChI=1S/C9H8BrN/c1-7-2-3-8(5-10)9(4-7)6-11/h2-4H,5H2,1H3. The molecule has 0 saturated carbocycles. The first-order valence-electron chi connectivity index (χ1n) is 3.33. The van der Waals surface area contributed by atoms with E-state index in [4.69, 9.17) is 5.26 Å². The second-order valence-corrected chi connectivity index (χ2v) is 2.97. The maximum absolute atomic E-state index is 8.70. The number of alkyl halides is 1. The van der Waals surface area contributed by atoms with Crippen LogP contribution in [-0.4, -0.2) is 0 Å². The lowest BCUT2D eigenvalue weighted by atomic mass is 10.1. The van der Waals surface area contributed by atoms with E-state index in [1.807, 2.05) is 25.1 Å². The van der Waals surface area contributed by atoms with E-state index >= 15 is 0 Å². The van der Waals surface area contributed by atoms with Crippen LogP contribution in [0.25, 0.3) is 0 Å². The Balaban J connectivity index is 3.19. The van der Waals surface area contributed by atoms with Gasteiger partial charge in [0.15, 0.2) is 0 Å². The molecule has 0 radical (unpaired) electrons. The van der Waals surface area contributed by atoms with Crippen molar-refractivity contribution in [2.24, 2.45) is 0 Å². The smallest absolute Gasteiger partial charge is 0.0994 e. The SMILES string of the molecule is Cc1ccc(CBr)c(C#N)c1. The predicted molar refractivity (Wildman–Crippen MR) is 48.5 cm³/mol. The number of benzene rings is 1. The van der Waals surface area contributed by atoms with Crippen molar-refractivity contribution in [2.45, 2.75) is 12.3 Å². The summed E-state index contributed by atoms with van der Waals surface area (Å²) in [4.78, 5) is 0. The molecule has 1 aromatic rings. The van der Waals surface area contributed by atoms with Crippen molar-refractivity contribution in [1.82, 2.24) is 0 Å². The van der Waals surface area contributed by atoms with Crippen LogP contribution in [0.5, 0.6) is 0 Å². The van der Waals surface area contributed by atoms with E-state index in [2.05, 4.69) is 22.0 Å². The molecule has 0 saturated heterocycles. The van der Waals surface area contributed by atoms with Crippen LogP contribution in [0, 0.1) is 18.3 Å². The second kappa shape index (κ2) is 3.54. The minimum atomic E-state index is 0.746. The summed E-state index contributed by atoms with van der Waals surface area (Å²) in [6.45, 7) is 1.98. The van der Waals surface area contributed by atoms with E-state index < -0.39 is 0 Å². The van der Waals surface area contributed by atoms with Gasteiger partial charge in [-0.1, -0.05) is 28.1 Å². The van der Waals surface area contributed by atoms with Crippen LogP contribution in [0.15, 0.2) is 18.2 Å². The topological polar surface area (TPSA) is 23.8 Å². The van der Waals surface area contributed by atoms with Crippen LogP contribution in [0.4, 0.5) is 0 Å². The fourth-order valence-electron chi connectivity index (χ4n) is 0.911. The summed E-state index contributed by atoms with van der Waals surface area (Å²) < 4.78 is 0. The maximum Gasteiger partial charge on any atom is 0.0994 e. The van der Waals surface area contributed by atoms with Crippen molar-refractivity contribution < 1.29 is 0 Å². The number of nitrogens with zero attached hydrogens (tertiary/aromatic N) is 1. The highest BCUT2D eigenvalue weighted by atomic mass is 79.9. The molecule has 56 valence electrons. The molecule has 0 atom stereocenters. The number of halogens is 1. The summed E-state index contributed by atoms with van der Waals surface area (Å²) >= 11 is 3.32. The molecule has 0 fully saturated rings. The molecule has 0 heterocycles. The highest BCUT2D eigenvalue weighted by molar-refractivity contribution is 9.08. The lowest BCUT2D eigenvalue weighted by molar-refractivity contribution is 1.33. The summed E-state index contributed by atoms with van der Waals surface area (Å²) in [5.41, 5.74) is 2.95. The molecule has 2 heteroatoms. The third-order valence-electron chi connectivity index (χ3n) is 1.53. The number of rotatable bonds is 1. The Morgan fingerprint density at radius 1 is 1.55 bits per heavy atom. The van der Waals surface area contributed by atoms with Crippen LogP contribution in [0.1, 0.15) is 16.7 Å². The molecular weight excluding hydrogens is 202 g/mol. The highest BCUT2D eigenvalue weighted by Gasteiger charge is 1.98. The Hall–Kier alpha value is -0.810. The Morgan fingerprint density at radius 2 is 2.27 bits per heavy atom. The first kappa shape index (κ1) is 8.29. The zero-order valence-electron chi connectivity index (χ0n) is 6.26. The van der Waals surface area contributed by atoms with Gasteiger partial charge in [0.1, 0.15) is 0 Å². The molecule has 0 aliphatic carbocycles. The zero-order chi connectivity index (χ0) is 8.27. The normalized spacial score (nSPS) is 9.18. The van der Waals surface area contributed by atoms with Crippen molar-refractivity contribution in [1.29, 1.82) is 5.26 Å². The molecule has 1 rings (SSSR count). The monoisotopic (exact) mass is 209 g/mol. The average molecular weight is 210 g/mol. The van der Waals surface area contributed by atoms with Gasteiger partial charge in [0.2, 0.25) is 0 Å². The van der Waals surface area contributed by atoms with Gasteiger partial charge in [-0.2, -0.15) is 5.26 Å². The summed E-state index contributed by atoms with van der Waals surface area (Å²) in [5.74, 6) is 0. The molecule has 0 aromatic heterocycles. The Bertz CT molecular complexity index is 299. The number of aryl methyl sites for hydroxylation is 1. The third kappa shape index (κ3) is 1.81. The van der Waals surface area contributed by atoms with Gasteiger partial charge < -0.3 is 0 Å². The van der Waals surface area contributed by atoms with Crippen molar-refractivity contribution >= 4 is 15.9 Å². The Labute approximate surface area is 74.8 Å². The van der Waals surface area contributed by atoms with Gasteiger partial charge >= 0.3 is 0 Å². The van der Waals surface area contributed by atoms with Crippen LogP contribution in [0.3, 0.4) is 0 Å². The number of nitriles is 1. The minimum Gasteiger partial charge on any atom is -0.192 e. The van der Waals surface area contributed by atoms with Gasteiger partial charge in [0.05, 0.1) is 11.6 Å². The highest BCUT2D eigenvalue weighted by Crippen LogP contribution is 2.13. The fraction of sp³-hybridized carbons (Fsp3) is 0.222. The predicted octanol–water partition coefficient (Wildman–Crippen LogP) is 2.76. The summed E-state index contributed by atoms with van der Waals surface area (Å²) in [7, 11) is 0. The molecule has 0 unspecified atom stereocenters. The van der Waals surface area contributed by atoms with Crippen molar-refractivity contribution in [3.63, 3.8) is 0 Å². The van der Waals surface area contributed by atoms with Crippen LogP contribution in [-0.2, 0) is 5.33 Å². The Kier molecular flexibility index (Phi) is 2.67. The van der Waals surface area contributed by atoms with Gasteiger partial charge in [-0.25, -0.2) is 0 Å². The van der Waals surface area contributed by atoms with E-state index in [9.17, 15) is 0 Å². The number of hydrogen-bond acceptors (Lipinski definition) is 1. The molecule has 1 nitrogen and oxygen atoms in total. The lowest BCUT2D eigenvalue weighted by Crippen LogP contribution is -1.85. The molecule has 1 aromatic carbocycles. The van der Waals surface area contributed by atoms with E-state index in [-0.39, 0.29) is 0 Å². The molecule has 0 aliphatic heterocycles. The summed E-state index contributed by atoms with van der Waals surface area (Å²) in [6.07, 6.45) is 0. The van der Waals surface area contributed by atoms with Gasteiger partial charge in [0.25, 0.3) is 0 Å².